The lowest BCUT2D eigenvalue weighted by Gasteiger charge is -2.03. The van der Waals surface area contributed by atoms with Gasteiger partial charge in [-0.2, -0.15) is 0 Å². The molecule has 0 aromatic carbocycles. The molecule has 0 radical (unpaired) electrons. The zero-order chi connectivity index (χ0) is 10.7. The molecule has 1 aromatic heterocycles. The number of rotatable bonds is 2. The first-order chi connectivity index (χ1) is 7.25. The van der Waals surface area contributed by atoms with Gasteiger partial charge >= 0.3 is 0 Å². The average molecular weight is 285 g/mol. The maximum absolute atomic E-state index is 11.4. The maximum atomic E-state index is 11.4. The highest BCUT2D eigenvalue weighted by atomic mass is 79.9. The van der Waals surface area contributed by atoms with Crippen molar-refractivity contribution in [3.63, 3.8) is 0 Å². The van der Waals surface area contributed by atoms with Crippen LogP contribution in [0.25, 0.3) is 0 Å². The van der Waals surface area contributed by atoms with E-state index in [1.165, 1.54) is 14.9 Å². The molecule has 0 N–H and O–H groups in total. The largest absolute Gasteiger partial charge is 0.295 e. The molecule has 0 amide bonds. The van der Waals surface area contributed by atoms with E-state index in [1.54, 1.807) is 11.3 Å². The molecule has 0 unspecified atom stereocenters. The van der Waals surface area contributed by atoms with Crippen molar-refractivity contribution < 1.29 is 4.79 Å². The summed E-state index contributed by atoms with van der Waals surface area (Å²) < 4.78 is 1.17. The summed E-state index contributed by atoms with van der Waals surface area (Å²) in [5, 5.41) is 2.08. The van der Waals surface area contributed by atoms with Gasteiger partial charge in [-0.05, 0) is 52.7 Å². The van der Waals surface area contributed by atoms with Gasteiger partial charge in [0, 0.05) is 22.2 Å². The molecule has 0 spiro atoms. The molecule has 0 aliphatic heterocycles. The Bertz CT molecular complexity index is 392. The number of hydrogen-bond acceptors (Lipinski definition) is 2. The van der Waals surface area contributed by atoms with Gasteiger partial charge in [-0.15, -0.1) is 11.3 Å². The van der Waals surface area contributed by atoms with Crippen LogP contribution in [0.3, 0.4) is 0 Å². The van der Waals surface area contributed by atoms with Crippen molar-refractivity contribution in [1.82, 2.24) is 0 Å². The van der Waals surface area contributed by atoms with E-state index in [4.69, 9.17) is 0 Å². The van der Waals surface area contributed by atoms with Crippen molar-refractivity contribution in [1.29, 1.82) is 0 Å². The van der Waals surface area contributed by atoms with Crippen molar-refractivity contribution in [2.75, 3.05) is 0 Å². The van der Waals surface area contributed by atoms with Crippen molar-refractivity contribution >= 4 is 33.0 Å². The fraction of sp³-hybridized carbons (Fsp3) is 0.417. The van der Waals surface area contributed by atoms with Crippen LogP contribution in [0.4, 0.5) is 0 Å². The Balaban J connectivity index is 2.11. The number of thiophene rings is 1. The van der Waals surface area contributed by atoms with E-state index < -0.39 is 0 Å². The number of carbonyl (C=O) groups excluding carboxylic acids is 1. The molecule has 1 aliphatic carbocycles. The Morgan fingerprint density at radius 1 is 1.33 bits per heavy atom. The zero-order valence-corrected chi connectivity index (χ0v) is 10.9. The lowest BCUT2D eigenvalue weighted by molar-refractivity contribution is -0.114. The molecule has 3 heteroatoms. The van der Waals surface area contributed by atoms with Gasteiger partial charge in [-0.25, -0.2) is 0 Å². The first kappa shape index (κ1) is 11.1. The number of hydrogen-bond donors (Lipinski definition) is 0. The molecule has 0 fully saturated rings. The van der Waals surface area contributed by atoms with E-state index in [-0.39, 0.29) is 0 Å². The quantitative estimate of drug-likeness (QED) is 0.798. The lowest BCUT2D eigenvalue weighted by atomic mass is 10.1. The second-order valence-electron chi connectivity index (χ2n) is 3.84. The third-order valence-electron chi connectivity index (χ3n) is 2.61. The molecular weight excluding hydrogens is 272 g/mol. The van der Waals surface area contributed by atoms with Crippen molar-refractivity contribution in [2.45, 2.75) is 32.1 Å². The van der Waals surface area contributed by atoms with E-state index in [9.17, 15) is 4.79 Å². The van der Waals surface area contributed by atoms with Crippen LogP contribution in [-0.2, 0) is 11.2 Å². The molecule has 0 atom stereocenters. The fourth-order valence-corrected chi connectivity index (χ4v) is 3.37. The topological polar surface area (TPSA) is 17.1 Å². The summed E-state index contributed by atoms with van der Waals surface area (Å²) in [7, 11) is 0. The summed E-state index contributed by atoms with van der Waals surface area (Å²) in [5.74, 6) is 0.301. The van der Waals surface area contributed by atoms with E-state index in [2.05, 4.69) is 27.4 Å². The molecule has 1 nitrogen and oxygen atoms in total. The van der Waals surface area contributed by atoms with Crippen LogP contribution < -0.4 is 0 Å². The monoisotopic (exact) mass is 284 g/mol. The Hall–Kier alpha value is -0.410. The molecule has 1 aromatic rings. The van der Waals surface area contributed by atoms with Gasteiger partial charge in [0.15, 0.2) is 5.78 Å². The van der Waals surface area contributed by atoms with Crippen LogP contribution >= 0.6 is 27.3 Å². The van der Waals surface area contributed by atoms with Crippen LogP contribution in [0.15, 0.2) is 27.6 Å². The van der Waals surface area contributed by atoms with Crippen molar-refractivity contribution in [2.24, 2.45) is 0 Å². The fourth-order valence-electron chi connectivity index (χ4n) is 1.82. The first-order valence-electron chi connectivity index (χ1n) is 5.20. The third kappa shape index (κ3) is 3.02. The highest BCUT2D eigenvalue weighted by molar-refractivity contribution is 9.10. The van der Waals surface area contributed by atoms with Gasteiger partial charge in [-0.1, -0.05) is 5.57 Å². The Kier molecular flexibility index (Phi) is 3.76. The second kappa shape index (κ2) is 5.08. The van der Waals surface area contributed by atoms with Crippen LogP contribution in [-0.4, -0.2) is 5.78 Å². The summed E-state index contributed by atoms with van der Waals surface area (Å²) in [4.78, 5) is 12.8. The summed E-state index contributed by atoms with van der Waals surface area (Å²) in [6.45, 7) is 0. The molecule has 0 bridgehead atoms. The summed E-state index contributed by atoms with van der Waals surface area (Å²) in [6, 6.07) is 2.07. The minimum Gasteiger partial charge on any atom is -0.295 e. The summed E-state index contributed by atoms with van der Waals surface area (Å²) in [5.41, 5.74) is 1.29. The van der Waals surface area contributed by atoms with Crippen molar-refractivity contribution in [3.8, 4) is 0 Å². The van der Waals surface area contributed by atoms with Gasteiger partial charge in [0.05, 0.1) is 0 Å². The highest BCUT2D eigenvalue weighted by Crippen LogP contribution is 2.27. The number of ketones is 1. The van der Waals surface area contributed by atoms with E-state index in [1.807, 2.05) is 6.08 Å². The van der Waals surface area contributed by atoms with Crippen molar-refractivity contribution in [3.05, 3.63) is 32.4 Å². The third-order valence-corrected chi connectivity index (χ3v) is 4.54. The SMILES string of the molecule is O=C1C=C(Cc2sccc2Br)CCCC1. The summed E-state index contributed by atoms with van der Waals surface area (Å²) >= 11 is 5.28. The smallest absolute Gasteiger partial charge is 0.155 e. The highest BCUT2D eigenvalue weighted by Gasteiger charge is 2.10. The minimum atomic E-state index is 0.301. The van der Waals surface area contributed by atoms with Crippen LogP contribution in [0.5, 0.6) is 0 Å². The molecule has 1 heterocycles. The van der Waals surface area contributed by atoms with Gasteiger partial charge in [0.25, 0.3) is 0 Å². The van der Waals surface area contributed by atoms with E-state index >= 15 is 0 Å². The number of carbonyl (C=O) groups is 1. The predicted molar refractivity (Wildman–Crippen MR) is 67.3 cm³/mol. The molecule has 0 saturated carbocycles. The number of allylic oxidation sites excluding steroid dienone is 2. The zero-order valence-electron chi connectivity index (χ0n) is 8.46. The van der Waals surface area contributed by atoms with Crippen LogP contribution in [0.2, 0.25) is 0 Å². The maximum Gasteiger partial charge on any atom is 0.155 e. The predicted octanol–water partition coefficient (Wildman–Crippen LogP) is 4.12. The van der Waals surface area contributed by atoms with Gasteiger partial charge in [0.2, 0.25) is 0 Å². The Labute approximate surface area is 102 Å². The molecule has 80 valence electrons. The van der Waals surface area contributed by atoms with Crippen LogP contribution in [0.1, 0.15) is 30.6 Å². The molecular formula is C12H13BrOS. The first-order valence-corrected chi connectivity index (χ1v) is 6.87. The summed E-state index contributed by atoms with van der Waals surface area (Å²) in [6.07, 6.45) is 6.80. The molecule has 15 heavy (non-hydrogen) atoms. The minimum absolute atomic E-state index is 0.301. The van der Waals surface area contributed by atoms with Gasteiger partial charge in [0.1, 0.15) is 0 Å². The van der Waals surface area contributed by atoms with E-state index in [0.717, 1.165) is 32.1 Å². The lowest BCUT2D eigenvalue weighted by Crippen LogP contribution is -1.92. The normalized spacial score (nSPS) is 17.4. The Morgan fingerprint density at radius 2 is 2.13 bits per heavy atom. The second-order valence-corrected chi connectivity index (χ2v) is 5.70. The number of halogens is 1. The van der Waals surface area contributed by atoms with Gasteiger partial charge < -0.3 is 0 Å². The average Bonchev–Trinajstić information content (AvgIpc) is 2.48. The van der Waals surface area contributed by atoms with E-state index in [0.29, 0.717) is 5.78 Å². The standard InChI is InChI=1S/C12H13BrOS/c13-11-5-6-15-12(11)8-9-3-1-2-4-10(14)7-9/h5-7H,1-4,8H2. The van der Waals surface area contributed by atoms with Gasteiger partial charge in [-0.3, -0.25) is 4.79 Å². The van der Waals surface area contributed by atoms with Crippen LogP contribution in [0, 0.1) is 0 Å². The molecule has 1 aliphatic rings. The molecule has 2 rings (SSSR count). The Morgan fingerprint density at radius 3 is 2.87 bits per heavy atom. The molecule has 0 saturated heterocycles.